The number of amides is 2. The maximum Gasteiger partial charge on any atom is 0.247 e. The molecule has 0 aliphatic carbocycles. The summed E-state index contributed by atoms with van der Waals surface area (Å²) < 4.78 is 5.20. The van der Waals surface area contributed by atoms with Crippen LogP contribution in [0.4, 0.5) is 0 Å². The monoisotopic (exact) mass is 430 g/mol. The molecule has 3 aromatic rings. The number of benzene rings is 3. The third-order valence-corrected chi connectivity index (χ3v) is 5.28. The smallest absolute Gasteiger partial charge is 0.247 e. The average Bonchev–Trinajstić information content (AvgIpc) is 2.84. The van der Waals surface area contributed by atoms with Crippen molar-refractivity contribution in [1.82, 2.24) is 10.2 Å². The van der Waals surface area contributed by atoms with Gasteiger partial charge in [0.2, 0.25) is 11.8 Å². The van der Waals surface area contributed by atoms with Gasteiger partial charge in [-0.25, -0.2) is 0 Å². The molecule has 1 N–H and O–H groups in total. The molecule has 3 rings (SSSR count). The zero-order valence-electron chi connectivity index (χ0n) is 18.7. The maximum absolute atomic E-state index is 13.5. The molecule has 32 heavy (non-hydrogen) atoms. The summed E-state index contributed by atoms with van der Waals surface area (Å²) >= 11 is 0. The van der Waals surface area contributed by atoms with E-state index in [-0.39, 0.29) is 11.8 Å². The molecule has 0 unspecified atom stereocenters. The van der Waals surface area contributed by atoms with Gasteiger partial charge in [-0.05, 0) is 35.2 Å². The van der Waals surface area contributed by atoms with Crippen LogP contribution in [0.25, 0.3) is 0 Å². The summed E-state index contributed by atoms with van der Waals surface area (Å²) in [4.78, 5) is 28.3. The van der Waals surface area contributed by atoms with Crippen molar-refractivity contribution in [2.45, 2.75) is 38.9 Å². The minimum absolute atomic E-state index is 0.0372. The van der Waals surface area contributed by atoms with Crippen LogP contribution in [0.3, 0.4) is 0 Å². The molecular formula is C27H30N2O3. The first-order chi connectivity index (χ1) is 15.6. The van der Waals surface area contributed by atoms with Gasteiger partial charge in [0.05, 0.1) is 7.11 Å². The van der Waals surface area contributed by atoms with Crippen LogP contribution in [0.2, 0.25) is 0 Å². The molecule has 0 saturated heterocycles. The molecule has 2 amide bonds. The van der Waals surface area contributed by atoms with E-state index in [4.69, 9.17) is 4.74 Å². The van der Waals surface area contributed by atoms with Crippen LogP contribution < -0.4 is 10.1 Å². The van der Waals surface area contributed by atoms with E-state index in [2.05, 4.69) is 5.32 Å². The van der Waals surface area contributed by atoms with Gasteiger partial charge in [0, 0.05) is 19.5 Å². The van der Waals surface area contributed by atoms with Crippen molar-refractivity contribution < 1.29 is 14.3 Å². The Labute approximate surface area is 190 Å². The minimum Gasteiger partial charge on any atom is -0.497 e. The second-order valence-electron chi connectivity index (χ2n) is 7.64. The minimum atomic E-state index is -0.714. The summed E-state index contributed by atoms with van der Waals surface area (Å²) in [5.74, 6) is 0.527. The Morgan fingerprint density at radius 3 is 2.09 bits per heavy atom. The Bertz CT molecular complexity index is 988. The third kappa shape index (κ3) is 6.20. The highest BCUT2D eigenvalue weighted by Gasteiger charge is 2.31. The molecule has 0 aromatic heterocycles. The van der Waals surface area contributed by atoms with Gasteiger partial charge in [0.25, 0.3) is 0 Å². The molecule has 5 nitrogen and oxygen atoms in total. The Hall–Kier alpha value is -3.60. The molecule has 166 valence electrons. The molecule has 3 aromatic carbocycles. The second kappa shape index (κ2) is 11.7. The lowest BCUT2D eigenvalue weighted by Crippen LogP contribution is -2.43. The lowest BCUT2D eigenvalue weighted by atomic mass is 10.0. The number of rotatable bonds is 10. The first kappa shape index (κ1) is 23.1. The van der Waals surface area contributed by atoms with Crippen molar-refractivity contribution >= 4 is 11.8 Å². The van der Waals surface area contributed by atoms with E-state index < -0.39 is 6.04 Å². The summed E-state index contributed by atoms with van der Waals surface area (Å²) in [6.45, 7) is 2.71. The van der Waals surface area contributed by atoms with Gasteiger partial charge >= 0.3 is 0 Å². The number of carbonyl (C=O) groups excluding carboxylic acids is 2. The summed E-state index contributed by atoms with van der Waals surface area (Å²) in [5.41, 5.74) is 2.74. The molecule has 0 aliphatic rings. The standard InChI is InChI=1S/C27H30N2O3/c1-3-10-25(30)29(20-22-11-6-4-7-12-22)26(23-13-8-5-9-14-23)27(31)28-19-21-15-17-24(32-2)18-16-21/h4-9,11-18,26H,3,10,19-20H2,1-2H3,(H,28,31)/t26-/m0/s1. The fourth-order valence-corrected chi connectivity index (χ4v) is 3.60. The first-order valence-electron chi connectivity index (χ1n) is 10.9. The number of nitrogens with zero attached hydrogens (tertiary/aromatic N) is 1. The van der Waals surface area contributed by atoms with Crippen LogP contribution in [-0.2, 0) is 22.7 Å². The topological polar surface area (TPSA) is 58.6 Å². The molecule has 0 aliphatic heterocycles. The van der Waals surface area contributed by atoms with Gasteiger partial charge in [-0.2, -0.15) is 0 Å². The van der Waals surface area contributed by atoms with Crippen molar-refractivity contribution in [2.24, 2.45) is 0 Å². The molecule has 1 atom stereocenters. The number of nitrogens with one attached hydrogen (secondary N) is 1. The first-order valence-corrected chi connectivity index (χ1v) is 10.9. The summed E-state index contributed by atoms with van der Waals surface area (Å²) in [6.07, 6.45) is 1.11. The van der Waals surface area contributed by atoms with Crippen LogP contribution in [0.15, 0.2) is 84.9 Å². The predicted octanol–water partition coefficient (Wildman–Crippen LogP) is 4.88. The lowest BCUT2D eigenvalue weighted by Gasteiger charge is -2.31. The SMILES string of the molecule is CCCC(=O)N(Cc1ccccc1)[C@H](C(=O)NCc1ccc(OC)cc1)c1ccccc1. The van der Waals surface area contributed by atoms with E-state index in [1.165, 1.54) is 0 Å². The average molecular weight is 431 g/mol. The zero-order valence-corrected chi connectivity index (χ0v) is 18.7. The van der Waals surface area contributed by atoms with Gasteiger partial charge in [-0.1, -0.05) is 79.7 Å². The van der Waals surface area contributed by atoms with Crippen LogP contribution in [0, 0.1) is 0 Å². The number of hydrogen-bond acceptors (Lipinski definition) is 3. The van der Waals surface area contributed by atoms with Crippen LogP contribution in [0.1, 0.15) is 42.5 Å². The van der Waals surface area contributed by atoms with Gasteiger partial charge in [-0.3, -0.25) is 9.59 Å². The Kier molecular flexibility index (Phi) is 8.44. The van der Waals surface area contributed by atoms with Crippen LogP contribution in [0.5, 0.6) is 5.75 Å². The molecule has 0 radical (unpaired) electrons. The van der Waals surface area contributed by atoms with E-state index in [9.17, 15) is 9.59 Å². The summed E-state index contributed by atoms with van der Waals surface area (Å²) in [5, 5.41) is 3.02. The van der Waals surface area contributed by atoms with Gasteiger partial charge in [-0.15, -0.1) is 0 Å². The highest BCUT2D eigenvalue weighted by Crippen LogP contribution is 2.25. The van der Waals surface area contributed by atoms with E-state index >= 15 is 0 Å². The maximum atomic E-state index is 13.5. The zero-order chi connectivity index (χ0) is 22.8. The van der Waals surface area contributed by atoms with Crippen molar-refractivity contribution in [3.8, 4) is 5.75 Å². The second-order valence-corrected chi connectivity index (χ2v) is 7.64. The molecule has 5 heteroatoms. The van der Waals surface area contributed by atoms with Crippen molar-refractivity contribution in [1.29, 1.82) is 0 Å². The molecule has 0 heterocycles. The van der Waals surface area contributed by atoms with Gasteiger partial charge in [0.1, 0.15) is 11.8 Å². The quantitative estimate of drug-likeness (QED) is 0.499. The molecule has 0 spiro atoms. The summed E-state index contributed by atoms with van der Waals surface area (Å²) in [6, 6.07) is 26.1. The van der Waals surface area contributed by atoms with Crippen molar-refractivity contribution in [3.63, 3.8) is 0 Å². The van der Waals surface area contributed by atoms with Crippen molar-refractivity contribution in [3.05, 3.63) is 102 Å². The predicted molar refractivity (Wildman–Crippen MR) is 126 cm³/mol. The van der Waals surface area contributed by atoms with E-state index in [0.29, 0.717) is 19.5 Å². The number of carbonyl (C=O) groups is 2. The van der Waals surface area contributed by atoms with Crippen LogP contribution in [-0.4, -0.2) is 23.8 Å². The van der Waals surface area contributed by atoms with E-state index in [1.807, 2.05) is 91.9 Å². The molecular weight excluding hydrogens is 400 g/mol. The molecule has 0 bridgehead atoms. The van der Waals surface area contributed by atoms with Gasteiger partial charge in [0.15, 0.2) is 0 Å². The molecule has 0 fully saturated rings. The van der Waals surface area contributed by atoms with E-state index in [0.717, 1.165) is 28.9 Å². The van der Waals surface area contributed by atoms with Crippen molar-refractivity contribution in [2.75, 3.05) is 7.11 Å². The highest BCUT2D eigenvalue weighted by molar-refractivity contribution is 5.88. The number of ether oxygens (including phenoxy) is 1. The fraction of sp³-hybridized carbons (Fsp3) is 0.259. The Balaban J connectivity index is 1.87. The highest BCUT2D eigenvalue weighted by atomic mass is 16.5. The lowest BCUT2D eigenvalue weighted by molar-refractivity contribution is -0.141. The third-order valence-electron chi connectivity index (χ3n) is 5.28. The number of methoxy groups -OCH3 is 1. The number of hydrogen-bond donors (Lipinski definition) is 1. The van der Waals surface area contributed by atoms with Crippen LogP contribution >= 0.6 is 0 Å². The van der Waals surface area contributed by atoms with Gasteiger partial charge < -0.3 is 15.0 Å². The molecule has 0 saturated carbocycles. The Morgan fingerprint density at radius 1 is 0.875 bits per heavy atom. The normalized spacial score (nSPS) is 11.4. The Morgan fingerprint density at radius 2 is 1.50 bits per heavy atom. The summed E-state index contributed by atoms with van der Waals surface area (Å²) in [7, 11) is 1.62. The van der Waals surface area contributed by atoms with E-state index in [1.54, 1.807) is 12.0 Å². The fourth-order valence-electron chi connectivity index (χ4n) is 3.60. The largest absolute Gasteiger partial charge is 0.497 e.